The van der Waals surface area contributed by atoms with Crippen molar-refractivity contribution in [3.63, 3.8) is 0 Å². The molecule has 1 unspecified atom stereocenters. The van der Waals surface area contributed by atoms with E-state index in [1.54, 1.807) is 6.20 Å². The highest BCUT2D eigenvalue weighted by atomic mass is 35.5. The number of aliphatic hydroxyl groups is 1. The highest BCUT2D eigenvalue weighted by Gasteiger charge is 2.33. The Balaban J connectivity index is 1.70. The molecule has 158 valence electrons. The summed E-state index contributed by atoms with van der Waals surface area (Å²) in [6, 6.07) is 3.08. The van der Waals surface area contributed by atoms with Crippen LogP contribution < -0.4 is 10.0 Å². The minimum absolute atomic E-state index is 0.275. The van der Waals surface area contributed by atoms with Crippen molar-refractivity contribution in [2.45, 2.75) is 68.7 Å². The van der Waals surface area contributed by atoms with E-state index in [0.717, 1.165) is 30.4 Å². The van der Waals surface area contributed by atoms with Gasteiger partial charge in [0.15, 0.2) is 11.0 Å². The number of carbonyl (C=O) groups is 1. The van der Waals surface area contributed by atoms with Gasteiger partial charge in [-0.3, -0.25) is 4.72 Å². The summed E-state index contributed by atoms with van der Waals surface area (Å²) < 4.78 is 15.3. The van der Waals surface area contributed by atoms with Crippen LogP contribution in [0, 0.1) is 0 Å². The maximum Gasteiger partial charge on any atom is 0.331 e. The van der Waals surface area contributed by atoms with E-state index < -0.39 is 22.6 Å². The molecule has 0 radical (unpaired) electrons. The Morgan fingerprint density at radius 3 is 2.45 bits per heavy atom. The van der Waals surface area contributed by atoms with Crippen LogP contribution in [-0.2, 0) is 29.4 Å². The summed E-state index contributed by atoms with van der Waals surface area (Å²) in [6.07, 6.45) is 7.42. The van der Waals surface area contributed by atoms with Gasteiger partial charge in [-0.1, -0.05) is 44.7 Å². The summed E-state index contributed by atoms with van der Waals surface area (Å²) in [5, 5.41) is 14.3. The number of anilines is 1. The first-order chi connectivity index (χ1) is 13.9. The number of carbonyl (C=O) groups excluding carboxylic acids is 1. The second kappa shape index (κ2) is 9.55. The molecule has 2 amide bonds. The van der Waals surface area contributed by atoms with Gasteiger partial charge in [-0.15, -0.1) is 11.3 Å². The standard InChI is InChI=1S/C20H26ClN3O3S2/c1-3-13-10-15(21)11-14(4-2)17(13)23-18(25)24-29(27)19-22-12-16(28-19)20(26)8-6-5-7-9-20/h10-12,26H,3-9H2,1-2H3,(H2,23,24,25). The van der Waals surface area contributed by atoms with Gasteiger partial charge in [0, 0.05) is 16.9 Å². The molecule has 1 heterocycles. The lowest BCUT2D eigenvalue weighted by Gasteiger charge is -2.30. The monoisotopic (exact) mass is 455 g/mol. The highest BCUT2D eigenvalue weighted by Crippen LogP contribution is 2.39. The van der Waals surface area contributed by atoms with Gasteiger partial charge in [-0.2, -0.15) is 0 Å². The van der Waals surface area contributed by atoms with Crippen LogP contribution >= 0.6 is 22.9 Å². The molecule has 29 heavy (non-hydrogen) atoms. The number of rotatable bonds is 6. The van der Waals surface area contributed by atoms with Gasteiger partial charge in [0.05, 0.1) is 4.88 Å². The molecule has 0 saturated heterocycles. The van der Waals surface area contributed by atoms with E-state index in [-0.39, 0.29) is 4.34 Å². The Morgan fingerprint density at radius 1 is 1.24 bits per heavy atom. The lowest BCUT2D eigenvalue weighted by molar-refractivity contribution is 0.00264. The van der Waals surface area contributed by atoms with Crippen LogP contribution in [0.4, 0.5) is 10.5 Å². The molecule has 1 aromatic heterocycles. The second-order valence-corrected chi connectivity index (χ2v) is 10.1. The molecule has 6 nitrogen and oxygen atoms in total. The number of halogens is 1. The predicted octanol–water partition coefficient (Wildman–Crippen LogP) is 4.92. The average Bonchev–Trinajstić information content (AvgIpc) is 3.21. The highest BCUT2D eigenvalue weighted by molar-refractivity contribution is 7.85. The lowest BCUT2D eigenvalue weighted by atomic mass is 9.84. The summed E-state index contributed by atoms with van der Waals surface area (Å²) in [5.41, 5.74) is 1.65. The first-order valence-electron chi connectivity index (χ1n) is 9.85. The lowest BCUT2D eigenvalue weighted by Crippen LogP contribution is -2.31. The largest absolute Gasteiger partial charge is 0.384 e. The minimum Gasteiger partial charge on any atom is -0.384 e. The van der Waals surface area contributed by atoms with Crippen LogP contribution in [0.1, 0.15) is 62.0 Å². The number of hydrogen-bond acceptors (Lipinski definition) is 5. The molecule has 1 aliphatic carbocycles. The van der Waals surface area contributed by atoms with Crippen molar-refractivity contribution in [1.82, 2.24) is 9.71 Å². The maximum atomic E-state index is 12.6. The number of thiazole rings is 1. The van der Waals surface area contributed by atoms with Crippen LogP contribution in [0.2, 0.25) is 5.02 Å². The molecule has 1 saturated carbocycles. The molecule has 1 aromatic carbocycles. The second-order valence-electron chi connectivity index (χ2n) is 7.21. The molecule has 1 atom stereocenters. The van der Waals surface area contributed by atoms with Crippen LogP contribution in [0.15, 0.2) is 22.7 Å². The average molecular weight is 456 g/mol. The van der Waals surface area contributed by atoms with Gasteiger partial charge in [0.1, 0.15) is 5.60 Å². The number of hydrogen-bond donors (Lipinski definition) is 3. The van der Waals surface area contributed by atoms with Crippen LogP contribution in [0.25, 0.3) is 0 Å². The van der Waals surface area contributed by atoms with E-state index in [9.17, 15) is 14.1 Å². The van der Waals surface area contributed by atoms with Gasteiger partial charge in [-0.05, 0) is 48.9 Å². The number of nitrogens with one attached hydrogen (secondary N) is 2. The van der Waals surface area contributed by atoms with Gasteiger partial charge < -0.3 is 10.4 Å². The van der Waals surface area contributed by atoms with Crippen molar-refractivity contribution < 1.29 is 14.1 Å². The summed E-state index contributed by atoms with van der Waals surface area (Å²) in [7, 11) is -1.80. The molecule has 3 rings (SSSR count). The molecule has 0 spiro atoms. The van der Waals surface area contributed by atoms with Gasteiger partial charge in [-0.25, -0.2) is 14.0 Å². The Hall–Kier alpha value is -1.48. The zero-order valence-electron chi connectivity index (χ0n) is 16.6. The van der Waals surface area contributed by atoms with Crippen LogP contribution in [0.3, 0.4) is 0 Å². The maximum absolute atomic E-state index is 12.6. The zero-order chi connectivity index (χ0) is 21.0. The van der Waals surface area contributed by atoms with Crippen molar-refractivity contribution in [3.8, 4) is 0 Å². The van der Waals surface area contributed by atoms with Crippen molar-refractivity contribution in [2.75, 3.05) is 5.32 Å². The molecule has 1 fully saturated rings. The van der Waals surface area contributed by atoms with Crippen molar-refractivity contribution in [3.05, 3.63) is 39.4 Å². The quantitative estimate of drug-likeness (QED) is 0.576. The summed E-state index contributed by atoms with van der Waals surface area (Å²) in [6.45, 7) is 3.97. The van der Waals surface area contributed by atoms with E-state index in [1.165, 1.54) is 11.3 Å². The van der Waals surface area contributed by atoms with Gasteiger partial charge >= 0.3 is 6.03 Å². The first-order valence-corrected chi connectivity index (χ1v) is 12.2. The molecule has 9 heteroatoms. The third kappa shape index (κ3) is 5.17. The van der Waals surface area contributed by atoms with Crippen molar-refractivity contribution in [2.24, 2.45) is 0 Å². The van der Waals surface area contributed by atoms with Crippen LogP contribution in [-0.4, -0.2) is 20.3 Å². The minimum atomic E-state index is -1.80. The number of aromatic nitrogens is 1. The van der Waals surface area contributed by atoms with Crippen molar-refractivity contribution in [1.29, 1.82) is 0 Å². The topological polar surface area (TPSA) is 91.3 Å². The fourth-order valence-corrected chi connectivity index (χ4v) is 5.86. The molecule has 2 aromatic rings. The molecule has 0 bridgehead atoms. The van der Waals surface area contributed by atoms with E-state index >= 15 is 0 Å². The van der Waals surface area contributed by atoms with Crippen molar-refractivity contribution >= 4 is 45.6 Å². The Kier molecular flexibility index (Phi) is 7.32. The SMILES string of the molecule is CCc1cc(Cl)cc(CC)c1NC(=O)NS(=O)c1ncc(C2(O)CCCCC2)s1. The zero-order valence-corrected chi connectivity index (χ0v) is 19.0. The predicted molar refractivity (Wildman–Crippen MR) is 118 cm³/mol. The fourth-order valence-electron chi connectivity index (χ4n) is 3.65. The number of amides is 2. The third-order valence-electron chi connectivity index (χ3n) is 5.23. The third-order valence-corrected chi connectivity index (χ3v) is 7.94. The van der Waals surface area contributed by atoms with E-state index in [0.29, 0.717) is 41.3 Å². The van der Waals surface area contributed by atoms with Gasteiger partial charge in [0.2, 0.25) is 4.34 Å². The Morgan fingerprint density at radius 2 is 1.86 bits per heavy atom. The summed E-state index contributed by atoms with van der Waals surface area (Å²) >= 11 is 7.34. The van der Waals surface area contributed by atoms with E-state index in [2.05, 4.69) is 15.0 Å². The molecule has 0 aliphatic heterocycles. The number of benzene rings is 1. The molecule has 3 N–H and O–H groups in total. The molecular formula is C20H26ClN3O3S2. The molecular weight excluding hydrogens is 430 g/mol. The summed E-state index contributed by atoms with van der Waals surface area (Å²) in [5.74, 6) is 0. The van der Waals surface area contributed by atoms with Crippen LogP contribution in [0.5, 0.6) is 0 Å². The number of aryl methyl sites for hydroxylation is 2. The normalized spacial score (nSPS) is 17.0. The van der Waals surface area contributed by atoms with Gasteiger partial charge in [0.25, 0.3) is 0 Å². The summed E-state index contributed by atoms with van der Waals surface area (Å²) in [4.78, 5) is 17.4. The molecule has 1 aliphatic rings. The Bertz CT molecular complexity index is 885. The Labute approximate surface area is 182 Å². The first kappa shape index (κ1) is 22.2. The van der Waals surface area contributed by atoms with E-state index in [4.69, 9.17) is 11.6 Å². The number of urea groups is 1. The smallest absolute Gasteiger partial charge is 0.331 e. The van der Waals surface area contributed by atoms with E-state index in [1.807, 2.05) is 26.0 Å². The number of nitrogens with zero attached hydrogens (tertiary/aromatic N) is 1. The fraction of sp³-hybridized carbons (Fsp3) is 0.500.